The molecule has 2 aromatic heterocycles. The molecule has 0 saturated carbocycles. The van der Waals surface area contributed by atoms with E-state index >= 15 is 0 Å². The zero-order valence-corrected chi connectivity index (χ0v) is 23.7. The van der Waals surface area contributed by atoms with E-state index < -0.39 is 5.82 Å². The van der Waals surface area contributed by atoms with Gasteiger partial charge in [0, 0.05) is 24.0 Å². The van der Waals surface area contributed by atoms with Crippen molar-refractivity contribution >= 4 is 52.3 Å². The van der Waals surface area contributed by atoms with Gasteiger partial charge in [0.15, 0.2) is 0 Å². The van der Waals surface area contributed by atoms with Crippen molar-refractivity contribution in [1.29, 1.82) is 0 Å². The summed E-state index contributed by atoms with van der Waals surface area (Å²) >= 11 is 0.0652. The summed E-state index contributed by atoms with van der Waals surface area (Å²) < 4.78 is 22.2. The van der Waals surface area contributed by atoms with E-state index in [1.54, 1.807) is 18.3 Å². The summed E-state index contributed by atoms with van der Waals surface area (Å²) in [6.07, 6.45) is 5.34. The van der Waals surface area contributed by atoms with Crippen molar-refractivity contribution < 1.29 is 13.9 Å². The third-order valence-corrected chi connectivity index (χ3v) is 7.55. The molecule has 1 fully saturated rings. The van der Waals surface area contributed by atoms with Crippen LogP contribution in [0.3, 0.4) is 0 Å². The molecule has 198 valence electrons. The second-order valence-electron chi connectivity index (χ2n) is 9.46. The minimum absolute atomic E-state index is 0. The standard InChI is InChI=1S/C25H27FN7O2.CH3.Al.H2S/c1-15-7-20(4-6-33(15)24(34)16-3-5-28-23(27)8-16)32-13-17-12-29-25(31-22(17)14-32)30-19-9-18(26)10-21(11-19)35-2;;;/h3,5,8-12,15,20H,4,6-7,13-14H2,1-2H3,(H2-,27,28,29,30,31);1H3;;1H2/q-1;;+2;/p-1/t15-,20-;;;/m1.../s1. The molecule has 9 nitrogen and oxygen atoms in total. The van der Waals surface area contributed by atoms with Gasteiger partial charge in [-0.05, 0) is 6.07 Å². The fourth-order valence-electron chi connectivity index (χ4n) is 5.12. The molecule has 3 aromatic rings. The molecule has 0 spiro atoms. The van der Waals surface area contributed by atoms with Crippen LogP contribution in [0.25, 0.3) is 0 Å². The largest absolute Gasteiger partial charge is 0.813 e. The topological polar surface area (TPSA) is 95.5 Å². The SMILES string of the molecule is COc1cc(F)cc(Nc2ncc3c(n2)CN([C@@H]2CCN(C(=O)c4ccnc([NH][Al+][CH3])c4)[C@H](C)C2)C3)c1.[SH-]. The van der Waals surface area contributed by atoms with E-state index in [0.717, 1.165) is 43.0 Å². The van der Waals surface area contributed by atoms with Gasteiger partial charge < -0.3 is 23.5 Å². The van der Waals surface area contributed by atoms with Crippen molar-refractivity contribution in [3.63, 3.8) is 0 Å². The molecule has 0 bridgehead atoms. The summed E-state index contributed by atoms with van der Waals surface area (Å²) in [6.45, 7) is 4.34. The Morgan fingerprint density at radius 1 is 1.21 bits per heavy atom. The number of aromatic nitrogens is 3. The summed E-state index contributed by atoms with van der Waals surface area (Å²) in [5.74, 6) is 3.37. The third kappa shape index (κ3) is 6.21. The van der Waals surface area contributed by atoms with E-state index in [9.17, 15) is 9.18 Å². The first-order chi connectivity index (χ1) is 17.9. The van der Waals surface area contributed by atoms with Gasteiger partial charge in [-0.1, -0.05) is 0 Å². The Morgan fingerprint density at radius 2 is 2.05 bits per heavy atom. The number of pyridine rings is 1. The number of nitrogens with one attached hydrogen (secondary N) is 2. The number of carbonyl (C=O) groups is 1. The van der Waals surface area contributed by atoms with Crippen LogP contribution in [0.1, 0.15) is 41.4 Å². The van der Waals surface area contributed by atoms with Crippen LogP contribution in [0.5, 0.6) is 5.75 Å². The summed E-state index contributed by atoms with van der Waals surface area (Å²) in [7, 11) is 1.50. The zero-order valence-electron chi connectivity index (χ0n) is 21.7. The molecule has 1 amide bonds. The molecule has 0 unspecified atom stereocenters. The maximum atomic E-state index is 13.9. The number of benzene rings is 1. The minimum atomic E-state index is -0.392. The zero-order chi connectivity index (χ0) is 25.9. The number of ether oxygens (including phenoxy) is 1. The molecule has 38 heavy (non-hydrogen) atoms. The molecule has 5 rings (SSSR count). The van der Waals surface area contributed by atoms with Gasteiger partial charge in [0.1, 0.15) is 11.6 Å². The van der Waals surface area contributed by atoms with Crippen molar-refractivity contribution in [1.82, 2.24) is 24.8 Å². The Kier molecular flexibility index (Phi) is 9.10. The summed E-state index contributed by atoms with van der Waals surface area (Å²) in [6, 6.07) is 8.54. The monoisotopic (exact) mass is 551 g/mol. The molecule has 2 N–H and O–H groups in total. The molecular formula is C26H31AlFN7O2S. The van der Waals surface area contributed by atoms with E-state index in [2.05, 4.69) is 37.2 Å². The molecule has 1 aromatic carbocycles. The Balaban J connectivity index is 0.00000336. The molecule has 0 radical (unpaired) electrons. The Bertz CT molecular complexity index is 1300. The fourth-order valence-corrected chi connectivity index (χ4v) is 5.57. The van der Waals surface area contributed by atoms with Crippen LogP contribution in [0.15, 0.2) is 42.7 Å². The van der Waals surface area contributed by atoms with E-state index in [-0.39, 0.29) is 40.9 Å². The van der Waals surface area contributed by atoms with Crippen LogP contribution < -0.4 is 14.4 Å². The van der Waals surface area contributed by atoms with Gasteiger partial charge in [-0.3, -0.25) is 0 Å². The van der Waals surface area contributed by atoms with Crippen LogP contribution in [-0.2, 0) is 26.6 Å². The number of piperidine rings is 1. The fraction of sp³-hybridized carbons (Fsp3) is 0.385. The number of halogens is 1. The third-order valence-electron chi connectivity index (χ3n) is 6.97. The first-order valence-corrected chi connectivity index (χ1v) is 14.2. The van der Waals surface area contributed by atoms with Crippen molar-refractivity contribution in [2.45, 2.75) is 50.7 Å². The number of hydrogen-bond donors (Lipinski definition) is 2. The maximum absolute atomic E-state index is 13.9. The summed E-state index contributed by atoms with van der Waals surface area (Å²) in [5.41, 5.74) is 3.28. The Labute approximate surface area is 235 Å². The van der Waals surface area contributed by atoms with Crippen molar-refractivity contribution in [2.24, 2.45) is 0 Å². The van der Waals surface area contributed by atoms with Crippen molar-refractivity contribution in [3.05, 3.63) is 65.4 Å². The summed E-state index contributed by atoms with van der Waals surface area (Å²) in [4.78, 5) is 31.1. The first kappa shape index (κ1) is 28.1. The second-order valence-corrected chi connectivity index (χ2v) is 10.3. The summed E-state index contributed by atoms with van der Waals surface area (Å²) in [5, 5.41) is 3.08. The molecule has 0 aliphatic carbocycles. The van der Waals surface area contributed by atoms with Crippen LogP contribution in [-0.4, -0.2) is 71.8 Å². The predicted octanol–water partition coefficient (Wildman–Crippen LogP) is 3.58. The first-order valence-electron chi connectivity index (χ1n) is 12.5. The van der Waals surface area contributed by atoms with E-state index in [1.165, 1.54) is 19.2 Å². The minimum Gasteiger partial charge on any atom is -0.813 e. The van der Waals surface area contributed by atoms with E-state index in [1.807, 2.05) is 17.2 Å². The molecule has 2 aliphatic heterocycles. The molecule has 12 heteroatoms. The molecule has 2 aliphatic rings. The number of hydrogen-bond acceptors (Lipinski definition) is 9. The quantitative estimate of drug-likeness (QED) is 0.260. The molecular weight excluding hydrogens is 520 g/mol. The number of fused-ring (bicyclic) bond motifs is 1. The van der Waals surface area contributed by atoms with Gasteiger partial charge in [0.2, 0.25) is 5.95 Å². The van der Waals surface area contributed by atoms with Gasteiger partial charge >= 0.3 is 143 Å². The number of thiol groups is 1. The smallest absolute Gasteiger partial charge is 0.00391 e. The van der Waals surface area contributed by atoms with E-state index in [0.29, 0.717) is 35.5 Å². The van der Waals surface area contributed by atoms with Crippen molar-refractivity contribution in [3.8, 4) is 5.75 Å². The van der Waals surface area contributed by atoms with Crippen molar-refractivity contribution in [2.75, 3.05) is 23.3 Å². The average Bonchev–Trinajstić information content (AvgIpc) is 3.32. The van der Waals surface area contributed by atoms with Gasteiger partial charge in [-0.15, -0.1) is 0 Å². The number of likely N-dealkylation sites (tertiary alicyclic amines) is 1. The normalized spacial score (nSPS) is 18.7. The number of nitrogens with zero attached hydrogens (tertiary/aromatic N) is 5. The van der Waals surface area contributed by atoms with Gasteiger partial charge in [-0.25, -0.2) is 14.4 Å². The molecule has 2 atom stereocenters. The number of rotatable bonds is 7. The van der Waals surface area contributed by atoms with Crippen LogP contribution in [0, 0.1) is 5.82 Å². The van der Waals surface area contributed by atoms with Gasteiger partial charge in [0.05, 0.1) is 7.11 Å². The average molecular weight is 552 g/mol. The number of methoxy groups -OCH3 is 1. The predicted molar refractivity (Wildman–Crippen MR) is 149 cm³/mol. The number of anilines is 3. The van der Waals surface area contributed by atoms with Crippen LogP contribution >= 0.6 is 0 Å². The number of carbonyl (C=O) groups excluding carboxylic acids is 1. The van der Waals surface area contributed by atoms with Crippen LogP contribution in [0.2, 0.25) is 5.79 Å². The van der Waals surface area contributed by atoms with Gasteiger partial charge in [-0.2, -0.15) is 0 Å². The second kappa shape index (κ2) is 12.3. The van der Waals surface area contributed by atoms with Crippen LogP contribution in [0.4, 0.5) is 21.8 Å². The Morgan fingerprint density at radius 3 is 2.82 bits per heavy atom. The molecule has 4 heterocycles. The Hall–Kier alpha value is -2.91. The maximum Gasteiger partial charge on any atom is 0.00391 e. The molecule has 1 saturated heterocycles. The number of amides is 1. The van der Waals surface area contributed by atoms with E-state index in [4.69, 9.17) is 9.72 Å². The van der Waals surface area contributed by atoms with Gasteiger partial charge in [0.25, 0.3) is 0 Å².